The monoisotopic (exact) mass is 317 g/mol. The number of nitrogens with zero attached hydrogens (tertiary/aromatic N) is 3. The average molecular weight is 318 g/mol. The highest BCUT2D eigenvalue weighted by Crippen LogP contribution is 2.25. The van der Waals surface area contributed by atoms with Crippen LogP contribution in [0.25, 0.3) is 11.5 Å². The van der Waals surface area contributed by atoms with E-state index < -0.39 is 0 Å². The van der Waals surface area contributed by atoms with Gasteiger partial charge in [-0.3, -0.25) is 0 Å². The summed E-state index contributed by atoms with van der Waals surface area (Å²) in [4.78, 5) is 12.5. The van der Waals surface area contributed by atoms with E-state index in [-0.39, 0.29) is 24.8 Å². The van der Waals surface area contributed by atoms with Gasteiger partial charge in [-0.25, -0.2) is 9.97 Å². The van der Waals surface area contributed by atoms with Gasteiger partial charge in [0.15, 0.2) is 5.82 Å². The first-order valence-electron chi connectivity index (χ1n) is 6.59. The molecule has 1 saturated heterocycles. The molecule has 0 unspecified atom stereocenters. The van der Waals surface area contributed by atoms with Crippen LogP contribution < -0.4 is 5.32 Å². The molecule has 0 bridgehead atoms. The standard InChI is InChI=1S/C13H19N5.2ClH/c1-3-11-16-9(2)12(17-11)13-15-6-7-18(13)10-4-5-14-8-10;;/h6-7,10,14H,3-5,8H2,1-2H3,(H,16,17);2*1H/t10-;;/m1../s1. The zero-order valence-corrected chi connectivity index (χ0v) is 13.4. The smallest absolute Gasteiger partial charge is 0.160 e. The normalized spacial score (nSPS) is 17.6. The summed E-state index contributed by atoms with van der Waals surface area (Å²) in [5.74, 6) is 2.01. The number of aromatic nitrogens is 4. The van der Waals surface area contributed by atoms with Crippen LogP contribution in [-0.2, 0) is 6.42 Å². The molecule has 1 fully saturated rings. The van der Waals surface area contributed by atoms with E-state index in [1.54, 1.807) is 0 Å². The molecule has 20 heavy (non-hydrogen) atoms. The lowest BCUT2D eigenvalue weighted by Gasteiger charge is -2.13. The lowest BCUT2D eigenvalue weighted by atomic mass is 10.2. The number of rotatable bonds is 3. The Morgan fingerprint density at radius 2 is 2.20 bits per heavy atom. The summed E-state index contributed by atoms with van der Waals surface area (Å²) in [6, 6.07) is 0.503. The molecule has 5 nitrogen and oxygen atoms in total. The van der Waals surface area contributed by atoms with Crippen molar-refractivity contribution in [2.24, 2.45) is 0 Å². The zero-order valence-electron chi connectivity index (χ0n) is 11.7. The van der Waals surface area contributed by atoms with Crippen molar-refractivity contribution in [1.82, 2.24) is 24.8 Å². The van der Waals surface area contributed by atoms with E-state index in [1.165, 1.54) is 0 Å². The molecule has 0 amide bonds. The summed E-state index contributed by atoms with van der Waals surface area (Å²) in [6.07, 6.45) is 6.01. The largest absolute Gasteiger partial charge is 0.345 e. The Balaban J connectivity index is 0.000001000. The third kappa shape index (κ3) is 3.00. The van der Waals surface area contributed by atoms with Gasteiger partial charge in [-0.15, -0.1) is 24.8 Å². The van der Waals surface area contributed by atoms with Crippen LogP contribution in [0.2, 0.25) is 0 Å². The summed E-state index contributed by atoms with van der Waals surface area (Å²) < 4.78 is 2.25. The Hall–Kier alpha value is -1.04. The van der Waals surface area contributed by atoms with Gasteiger partial charge in [-0.1, -0.05) is 6.92 Å². The van der Waals surface area contributed by atoms with Crippen LogP contribution in [0.1, 0.15) is 30.9 Å². The summed E-state index contributed by atoms with van der Waals surface area (Å²) >= 11 is 0. The van der Waals surface area contributed by atoms with Gasteiger partial charge in [0, 0.05) is 37.1 Å². The number of H-pyrrole nitrogens is 1. The molecule has 0 aromatic carbocycles. The van der Waals surface area contributed by atoms with Gasteiger partial charge >= 0.3 is 0 Å². The maximum atomic E-state index is 4.64. The second kappa shape index (κ2) is 7.11. The summed E-state index contributed by atoms with van der Waals surface area (Å²) in [7, 11) is 0. The van der Waals surface area contributed by atoms with Crippen LogP contribution >= 0.6 is 24.8 Å². The quantitative estimate of drug-likeness (QED) is 0.914. The first-order valence-corrected chi connectivity index (χ1v) is 6.59. The molecule has 3 rings (SSSR count). The first kappa shape index (κ1) is 17.0. The Labute approximate surface area is 131 Å². The van der Waals surface area contributed by atoms with Crippen LogP contribution in [0.3, 0.4) is 0 Å². The first-order chi connectivity index (χ1) is 8.79. The molecule has 0 radical (unpaired) electrons. The minimum absolute atomic E-state index is 0. The predicted molar refractivity (Wildman–Crippen MR) is 84.9 cm³/mol. The van der Waals surface area contributed by atoms with Crippen molar-refractivity contribution < 1.29 is 0 Å². The maximum Gasteiger partial charge on any atom is 0.160 e. The molecule has 1 aliphatic heterocycles. The number of hydrogen-bond acceptors (Lipinski definition) is 3. The van der Waals surface area contributed by atoms with Gasteiger partial charge in [0.05, 0.1) is 0 Å². The molecule has 0 saturated carbocycles. The molecular weight excluding hydrogens is 297 g/mol. The van der Waals surface area contributed by atoms with E-state index in [0.29, 0.717) is 6.04 Å². The number of imidazole rings is 2. The highest BCUT2D eigenvalue weighted by molar-refractivity contribution is 5.85. The minimum Gasteiger partial charge on any atom is -0.345 e. The van der Waals surface area contributed by atoms with Gasteiger partial charge < -0.3 is 14.9 Å². The molecule has 1 aliphatic rings. The highest BCUT2D eigenvalue weighted by atomic mass is 35.5. The van der Waals surface area contributed by atoms with Crippen molar-refractivity contribution in [3.05, 3.63) is 23.9 Å². The Kier molecular flexibility index (Phi) is 6.05. The molecule has 2 N–H and O–H groups in total. The molecular formula is C13H21Cl2N5. The van der Waals surface area contributed by atoms with Gasteiger partial charge in [-0.2, -0.15) is 0 Å². The fourth-order valence-electron chi connectivity index (χ4n) is 2.58. The molecule has 3 heterocycles. The lowest BCUT2D eigenvalue weighted by molar-refractivity contribution is 0.551. The maximum absolute atomic E-state index is 4.64. The Morgan fingerprint density at radius 3 is 2.80 bits per heavy atom. The summed E-state index contributed by atoms with van der Waals surface area (Å²) in [6.45, 7) is 6.28. The van der Waals surface area contributed by atoms with Gasteiger partial charge in [0.1, 0.15) is 11.5 Å². The van der Waals surface area contributed by atoms with Crippen LogP contribution in [0.5, 0.6) is 0 Å². The van der Waals surface area contributed by atoms with Crippen molar-refractivity contribution in [2.45, 2.75) is 32.7 Å². The SMILES string of the molecule is CCc1nc(-c2nccn2[C@@H]2CCNC2)c(C)[nH]1.Cl.Cl. The minimum atomic E-state index is 0. The number of nitrogens with one attached hydrogen (secondary N) is 2. The van der Waals surface area contributed by atoms with Crippen LogP contribution in [0.15, 0.2) is 12.4 Å². The van der Waals surface area contributed by atoms with E-state index in [4.69, 9.17) is 0 Å². The molecule has 0 spiro atoms. The summed E-state index contributed by atoms with van der Waals surface area (Å²) in [5.41, 5.74) is 2.09. The van der Waals surface area contributed by atoms with E-state index in [1.807, 2.05) is 6.20 Å². The van der Waals surface area contributed by atoms with Crippen molar-refractivity contribution in [3.8, 4) is 11.5 Å². The lowest BCUT2D eigenvalue weighted by Crippen LogP contribution is -2.14. The zero-order chi connectivity index (χ0) is 12.5. The fourth-order valence-corrected chi connectivity index (χ4v) is 2.58. The van der Waals surface area contributed by atoms with Crippen molar-refractivity contribution in [3.63, 3.8) is 0 Å². The molecule has 2 aromatic rings. The second-order valence-electron chi connectivity index (χ2n) is 4.82. The molecule has 112 valence electrons. The third-order valence-electron chi connectivity index (χ3n) is 3.58. The average Bonchev–Trinajstić information content (AvgIpc) is 3.07. The topological polar surface area (TPSA) is 58.5 Å². The van der Waals surface area contributed by atoms with Crippen LogP contribution in [0, 0.1) is 6.92 Å². The van der Waals surface area contributed by atoms with E-state index in [2.05, 4.69) is 44.9 Å². The number of aryl methyl sites for hydroxylation is 2. The third-order valence-corrected chi connectivity index (χ3v) is 3.58. The Bertz CT molecular complexity index is 543. The van der Waals surface area contributed by atoms with Gasteiger partial charge in [0.25, 0.3) is 0 Å². The molecule has 0 aliphatic carbocycles. The number of halogens is 2. The number of hydrogen-bond donors (Lipinski definition) is 2. The summed E-state index contributed by atoms with van der Waals surface area (Å²) in [5, 5.41) is 3.39. The van der Waals surface area contributed by atoms with Crippen molar-refractivity contribution in [1.29, 1.82) is 0 Å². The van der Waals surface area contributed by atoms with Crippen LogP contribution in [-0.4, -0.2) is 32.6 Å². The molecule has 2 aromatic heterocycles. The second-order valence-corrected chi connectivity index (χ2v) is 4.82. The van der Waals surface area contributed by atoms with Crippen molar-refractivity contribution >= 4 is 24.8 Å². The highest BCUT2D eigenvalue weighted by Gasteiger charge is 2.21. The van der Waals surface area contributed by atoms with Gasteiger partial charge in [-0.05, 0) is 19.9 Å². The predicted octanol–water partition coefficient (Wildman–Crippen LogP) is 2.52. The number of aromatic amines is 1. The van der Waals surface area contributed by atoms with E-state index in [9.17, 15) is 0 Å². The molecule has 1 atom stereocenters. The van der Waals surface area contributed by atoms with E-state index in [0.717, 1.165) is 49.0 Å². The Morgan fingerprint density at radius 1 is 1.40 bits per heavy atom. The van der Waals surface area contributed by atoms with Crippen molar-refractivity contribution in [2.75, 3.05) is 13.1 Å². The van der Waals surface area contributed by atoms with Crippen LogP contribution in [0.4, 0.5) is 0 Å². The molecule has 7 heteroatoms. The van der Waals surface area contributed by atoms with E-state index >= 15 is 0 Å². The van der Waals surface area contributed by atoms with Gasteiger partial charge in [0.2, 0.25) is 0 Å². The fraction of sp³-hybridized carbons (Fsp3) is 0.538.